The number of hydrogen-bond donors (Lipinski definition) is 0. The minimum absolute atomic E-state index is 0.251. The normalized spacial score (nSPS) is 10.9. The Morgan fingerprint density at radius 3 is 2.42 bits per heavy atom. The largest absolute Gasteiger partial charge is 0.493 e. The molecule has 5 nitrogen and oxygen atoms in total. The zero-order chi connectivity index (χ0) is 16.9. The predicted molar refractivity (Wildman–Crippen MR) is 93.8 cm³/mol. The highest BCUT2D eigenvalue weighted by atomic mass is 32.1. The second kappa shape index (κ2) is 7.14. The molecular weight excluding hydrogens is 326 g/mol. The summed E-state index contributed by atoms with van der Waals surface area (Å²) < 4.78 is 16.8. The maximum absolute atomic E-state index is 12.1. The van der Waals surface area contributed by atoms with Crippen molar-refractivity contribution in [3.63, 3.8) is 0 Å². The lowest BCUT2D eigenvalue weighted by Gasteiger charge is -2.11. The van der Waals surface area contributed by atoms with Gasteiger partial charge >= 0.3 is 5.97 Å². The molecule has 0 aliphatic rings. The van der Waals surface area contributed by atoms with Gasteiger partial charge in [0, 0.05) is 6.08 Å². The van der Waals surface area contributed by atoms with E-state index in [4.69, 9.17) is 14.2 Å². The third kappa shape index (κ3) is 3.38. The number of ether oxygens (including phenoxy) is 3. The summed E-state index contributed by atoms with van der Waals surface area (Å²) in [6.45, 7) is 0. The molecule has 2 aromatic carbocycles. The van der Waals surface area contributed by atoms with Crippen LogP contribution in [0.2, 0.25) is 0 Å². The molecule has 0 saturated heterocycles. The number of thiazole rings is 1. The quantitative estimate of drug-likeness (QED) is 0.400. The second-order valence-corrected chi connectivity index (χ2v) is 5.83. The molecule has 0 spiro atoms. The Morgan fingerprint density at radius 2 is 1.75 bits per heavy atom. The molecule has 0 bridgehead atoms. The van der Waals surface area contributed by atoms with Crippen LogP contribution in [0.4, 0.5) is 0 Å². The third-order valence-corrected chi connectivity index (χ3v) is 4.26. The van der Waals surface area contributed by atoms with Crippen LogP contribution >= 0.6 is 11.3 Å². The summed E-state index contributed by atoms with van der Waals surface area (Å²) in [5.74, 6) is 0.575. The van der Waals surface area contributed by atoms with Crippen molar-refractivity contribution in [1.82, 2.24) is 4.98 Å². The molecule has 1 aromatic heterocycles. The molecule has 24 heavy (non-hydrogen) atoms. The summed E-state index contributed by atoms with van der Waals surface area (Å²) in [6, 6.07) is 13.0. The Balaban J connectivity index is 1.78. The first-order valence-corrected chi connectivity index (χ1v) is 7.99. The maximum atomic E-state index is 12.1. The Kier molecular flexibility index (Phi) is 4.77. The van der Waals surface area contributed by atoms with E-state index < -0.39 is 5.97 Å². The van der Waals surface area contributed by atoms with E-state index in [2.05, 4.69) is 4.98 Å². The van der Waals surface area contributed by atoms with Crippen molar-refractivity contribution < 1.29 is 19.0 Å². The predicted octanol–water partition coefficient (Wildman–Crippen LogP) is 3.93. The van der Waals surface area contributed by atoms with Gasteiger partial charge in [-0.2, -0.15) is 0 Å². The van der Waals surface area contributed by atoms with Gasteiger partial charge in [0.2, 0.25) is 5.75 Å². The molecule has 3 rings (SSSR count). The van der Waals surface area contributed by atoms with Crippen LogP contribution in [0.25, 0.3) is 16.3 Å². The molecule has 0 N–H and O–H groups in total. The van der Waals surface area contributed by atoms with E-state index in [0.717, 1.165) is 15.2 Å². The van der Waals surface area contributed by atoms with E-state index in [0.29, 0.717) is 11.5 Å². The molecule has 1 heterocycles. The number of fused-ring (bicyclic) bond motifs is 1. The van der Waals surface area contributed by atoms with Crippen LogP contribution in [-0.2, 0) is 4.79 Å². The fourth-order valence-electron chi connectivity index (χ4n) is 2.15. The van der Waals surface area contributed by atoms with Crippen LogP contribution < -0.4 is 14.2 Å². The highest BCUT2D eigenvalue weighted by Crippen LogP contribution is 2.36. The van der Waals surface area contributed by atoms with Crippen LogP contribution in [0.1, 0.15) is 5.01 Å². The topological polar surface area (TPSA) is 57.7 Å². The molecule has 0 aliphatic heterocycles. The number of benzene rings is 2. The lowest BCUT2D eigenvalue weighted by Crippen LogP contribution is -2.06. The number of nitrogens with zero attached hydrogens (tertiary/aromatic N) is 1. The zero-order valence-electron chi connectivity index (χ0n) is 13.2. The fraction of sp³-hybridized carbons (Fsp3) is 0.111. The van der Waals surface area contributed by atoms with Crippen LogP contribution in [-0.4, -0.2) is 25.2 Å². The highest BCUT2D eigenvalue weighted by Gasteiger charge is 2.14. The second-order valence-electron chi connectivity index (χ2n) is 4.77. The number of hydrogen-bond acceptors (Lipinski definition) is 6. The molecule has 3 aromatic rings. The number of carbonyl (C=O) groups excluding carboxylic acids is 1. The molecule has 122 valence electrons. The van der Waals surface area contributed by atoms with Crippen LogP contribution in [0, 0.1) is 0 Å². The summed E-state index contributed by atoms with van der Waals surface area (Å²) in [5.41, 5.74) is 0.905. The number of aromatic nitrogens is 1. The number of carbonyl (C=O) groups is 1. The van der Waals surface area contributed by atoms with Crippen molar-refractivity contribution in [3.8, 4) is 17.2 Å². The van der Waals surface area contributed by atoms with Gasteiger partial charge in [0.05, 0.1) is 24.4 Å². The van der Waals surface area contributed by atoms with Crippen LogP contribution in [0.5, 0.6) is 17.2 Å². The molecule has 0 unspecified atom stereocenters. The Bertz CT molecular complexity index is 846. The minimum Gasteiger partial charge on any atom is -0.493 e. The molecule has 0 radical (unpaired) electrons. The number of para-hydroxylation sites is 2. The summed E-state index contributed by atoms with van der Waals surface area (Å²) in [6.07, 6.45) is 2.97. The third-order valence-electron chi connectivity index (χ3n) is 3.26. The van der Waals surface area contributed by atoms with E-state index in [1.165, 1.54) is 31.6 Å². The van der Waals surface area contributed by atoms with E-state index in [9.17, 15) is 4.79 Å². The average molecular weight is 341 g/mol. The monoisotopic (exact) mass is 341 g/mol. The van der Waals surface area contributed by atoms with Crippen molar-refractivity contribution in [1.29, 1.82) is 0 Å². The van der Waals surface area contributed by atoms with Gasteiger partial charge in [0.25, 0.3) is 0 Å². The lowest BCUT2D eigenvalue weighted by atomic mass is 10.3. The van der Waals surface area contributed by atoms with Gasteiger partial charge in [-0.05, 0) is 30.3 Å². The summed E-state index contributed by atoms with van der Waals surface area (Å²) >= 11 is 1.51. The van der Waals surface area contributed by atoms with Gasteiger partial charge in [-0.3, -0.25) is 0 Å². The van der Waals surface area contributed by atoms with Gasteiger partial charge in [-0.25, -0.2) is 9.78 Å². The van der Waals surface area contributed by atoms with Crippen molar-refractivity contribution in [2.75, 3.05) is 14.2 Å². The summed E-state index contributed by atoms with van der Waals surface area (Å²) in [4.78, 5) is 16.5. The van der Waals surface area contributed by atoms with Crippen molar-refractivity contribution in [2.24, 2.45) is 0 Å². The molecule has 0 saturated carbocycles. The number of rotatable bonds is 5. The Morgan fingerprint density at radius 1 is 1.04 bits per heavy atom. The smallest absolute Gasteiger partial charge is 0.336 e. The molecule has 6 heteroatoms. The maximum Gasteiger partial charge on any atom is 0.336 e. The van der Waals surface area contributed by atoms with E-state index in [-0.39, 0.29) is 5.75 Å². The molecule has 0 aliphatic carbocycles. The minimum atomic E-state index is -0.531. The van der Waals surface area contributed by atoms with Gasteiger partial charge in [-0.1, -0.05) is 18.2 Å². The highest BCUT2D eigenvalue weighted by molar-refractivity contribution is 7.19. The molecular formula is C18H15NO4S. The van der Waals surface area contributed by atoms with Crippen molar-refractivity contribution in [3.05, 3.63) is 53.5 Å². The standard InChI is InChI=1S/C18H15NO4S/c1-21-13-7-5-8-14(22-2)18(13)23-17(20)11-10-16-19-12-6-3-4-9-15(12)24-16/h3-11H,1-2H3/b11-10+. The van der Waals surface area contributed by atoms with E-state index in [1.807, 2.05) is 24.3 Å². The van der Waals surface area contributed by atoms with Crippen LogP contribution in [0.15, 0.2) is 48.5 Å². The first-order chi connectivity index (χ1) is 11.7. The van der Waals surface area contributed by atoms with Gasteiger partial charge in [-0.15, -0.1) is 11.3 Å². The first-order valence-electron chi connectivity index (χ1n) is 7.17. The average Bonchev–Trinajstić information content (AvgIpc) is 3.03. The van der Waals surface area contributed by atoms with Crippen molar-refractivity contribution >= 4 is 33.6 Å². The number of esters is 1. The van der Waals surface area contributed by atoms with Gasteiger partial charge in [0.15, 0.2) is 11.5 Å². The molecule has 0 atom stereocenters. The SMILES string of the molecule is COc1cccc(OC)c1OC(=O)/C=C/c1nc2ccccc2s1. The Labute approximate surface area is 143 Å². The number of methoxy groups -OCH3 is 2. The van der Waals surface area contributed by atoms with Crippen LogP contribution in [0.3, 0.4) is 0 Å². The molecule has 0 fully saturated rings. The summed E-state index contributed by atoms with van der Waals surface area (Å²) in [7, 11) is 3.01. The summed E-state index contributed by atoms with van der Waals surface area (Å²) in [5, 5.41) is 0.736. The fourth-order valence-corrected chi connectivity index (χ4v) is 3.02. The van der Waals surface area contributed by atoms with Gasteiger partial charge in [0.1, 0.15) is 5.01 Å². The zero-order valence-corrected chi connectivity index (χ0v) is 14.0. The lowest BCUT2D eigenvalue weighted by molar-refractivity contribution is -0.129. The molecule has 0 amide bonds. The Hall–Kier alpha value is -2.86. The van der Waals surface area contributed by atoms with E-state index in [1.54, 1.807) is 24.3 Å². The van der Waals surface area contributed by atoms with E-state index >= 15 is 0 Å². The first kappa shape index (κ1) is 16.0. The van der Waals surface area contributed by atoms with Crippen molar-refractivity contribution in [2.45, 2.75) is 0 Å². The van der Waals surface area contributed by atoms with Gasteiger partial charge < -0.3 is 14.2 Å².